The average molecular weight is 483 g/mol. The molecule has 0 radical (unpaired) electrons. The van der Waals surface area contributed by atoms with Crippen LogP contribution in [-0.2, 0) is 6.54 Å². The van der Waals surface area contributed by atoms with E-state index in [1.807, 2.05) is 60.4 Å². The third kappa shape index (κ3) is 6.48. The number of hydrogen-bond acceptors (Lipinski definition) is 5. The molecule has 3 rings (SSSR count). The van der Waals surface area contributed by atoms with Crippen molar-refractivity contribution < 1.29 is 9.47 Å². The topological polar surface area (TPSA) is 69.8 Å². The molecule has 0 aliphatic heterocycles. The first kappa shape index (κ1) is 25.5. The number of thiocarbonyl (C=S) groups is 1. The van der Waals surface area contributed by atoms with Crippen LogP contribution in [0.1, 0.15) is 26.3 Å². The van der Waals surface area contributed by atoms with Gasteiger partial charge < -0.3 is 29.6 Å². The van der Waals surface area contributed by atoms with E-state index in [4.69, 9.17) is 21.7 Å². The van der Waals surface area contributed by atoms with Crippen LogP contribution < -0.4 is 20.3 Å². The molecule has 34 heavy (non-hydrogen) atoms. The molecule has 3 aromatic rings. The molecule has 2 aromatic carbocycles. The molecule has 0 saturated carbocycles. The second-order valence-corrected chi connectivity index (χ2v) is 8.27. The number of nitrogens with one attached hydrogen (secondary N) is 2. The molecule has 0 atom stereocenters. The molecule has 0 saturated heterocycles. The van der Waals surface area contributed by atoms with E-state index in [1.165, 1.54) is 0 Å². The summed E-state index contributed by atoms with van der Waals surface area (Å²) in [7, 11) is 1.63. The minimum absolute atomic E-state index is 0.121. The zero-order valence-corrected chi connectivity index (χ0v) is 21.2. The first-order valence-corrected chi connectivity index (χ1v) is 12.1. The Labute approximate surface area is 206 Å². The molecule has 8 heteroatoms. The fraction of sp³-hybridized carbons (Fsp3) is 0.385. The molecule has 1 aromatic heterocycles. The lowest BCUT2D eigenvalue weighted by atomic mass is 10.1. The van der Waals surface area contributed by atoms with Crippen LogP contribution in [0.15, 0.2) is 53.3 Å². The maximum atomic E-state index is 12.9. The molecule has 0 fully saturated rings. The third-order valence-corrected chi connectivity index (χ3v) is 6.14. The van der Waals surface area contributed by atoms with Crippen molar-refractivity contribution in [3.63, 3.8) is 0 Å². The summed E-state index contributed by atoms with van der Waals surface area (Å²) < 4.78 is 11.1. The van der Waals surface area contributed by atoms with Gasteiger partial charge in [-0.15, -0.1) is 0 Å². The van der Waals surface area contributed by atoms with Crippen molar-refractivity contribution in [2.45, 2.75) is 27.3 Å². The van der Waals surface area contributed by atoms with Gasteiger partial charge in [-0.1, -0.05) is 26.0 Å². The molecular formula is C26H34N4O3S. The van der Waals surface area contributed by atoms with E-state index in [9.17, 15) is 4.79 Å². The summed E-state index contributed by atoms with van der Waals surface area (Å²) in [5, 5.41) is 4.77. The number of aromatic amines is 1. The number of likely N-dealkylation sites (N-methyl/N-ethyl adjacent to an activating group) is 1. The molecular weight excluding hydrogens is 448 g/mol. The number of benzene rings is 2. The summed E-state index contributed by atoms with van der Waals surface area (Å²) in [6, 6.07) is 15.3. The number of ether oxygens (including phenoxy) is 2. The summed E-state index contributed by atoms with van der Waals surface area (Å²) in [5.41, 5.74) is 2.09. The standard InChI is InChI=1S/C26H34N4O3S/c1-5-29(6-2)14-15-30(26(34)28-23-10-8-9-11-24(23)32-4)18-20-16-19-17-21(33-7-3)12-13-22(19)27-25(20)31/h8-13,16-17H,5-7,14-15,18H2,1-4H3,(H,27,31)(H,28,34). The predicted molar refractivity (Wildman–Crippen MR) is 143 cm³/mol. The van der Waals surface area contributed by atoms with Crippen molar-refractivity contribution in [3.05, 3.63) is 64.4 Å². The van der Waals surface area contributed by atoms with Gasteiger partial charge in [-0.3, -0.25) is 4.79 Å². The van der Waals surface area contributed by atoms with Gasteiger partial charge in [0.2, 0.25) is 0 Å². The Hall–Kier alpha value is -3.10. The van der Waals surface area contributed by atoms with Gasteiger partial charge in [0.05, 0.1) is 25.9 Å². The van der Waals surface area contributed by atoms with Crippen LogP contribution in [0.5, 0.6) is 11.5 Å². The molecule has 0 amide bonds. The number of fused-ring (bicyclic) bond motifs is 1. The van der Waals surface area contributed by atoms with E-state index in [0.717, 1.165) is 42.0 Å². The third-order valence-electron chi connectivity index (χ3n) is 5.78. The predicted octanol–water partition coefficient (Wildman–Crippen LogP) is 4.48. The molecule has 2 N–H and O–H groups in total. The van der Waals surface area contributed by atoms with Crippen LogP contribution in [-0.4, -0.2) is 59.8 Å². The average Bonchev–Trinajstić information content (AvgIpc) is 2.84. The van der Waals surface area contributed by atoms with Crippen molar-refractivity contribution in [3.8, 4) is 11.5 Å². The minimum Gasteiger partial charge on any atom is -0.495 e. The Balaban J connectivity index is 1.89. The number of H-pyrrole nitrogens is 1. The van der Waals surface area contributed by atoms with E-state index in [0.29, 0.717) is 36.1 Å². The van der Waals surface area contributed by atoms with Gasteiger partial charge in [0.25, 0.3) is 5.56 Å². The number of aromatic nitrogens is 1. The maximum Gasteiger partial charge on any atom is 0.253 e. The number of methoxy groups -OCH3 is 1. The fourth-order valence-corrected chi connectivity index (χ4v) is 4.07. The highest BCUT2D eigenvalue weighted by Crippen LogP contribution is 2.24. The summed E-state index contributed by atoms with van der Waals surface area (Å²) in [4.78, 5) is 20.3. The summed E-state index contributed by atoms with van der Waals surface area (Å²) >= 11 is 5.79. The Morgan fingerprint density at radius 1 is 1.06 bits per heavy atom. The molecule has 0 bridgehead atoms. The SMILES string of the molecule is CCOc1ccc2[nH]c(=O)c(CN(CCN(CC)CC)C(=S)Nc3ccccc3OC)cc2c1. The van der Waals surface area contributed by atoms with Gasteiger partial charge in [-0.25, -0.2) is 0 Å². The Bertz CT molecular complexity index is 1160. The molecule has 1 heterocycles. The van der Waals surface area contributed by atoms with Crippen LogP contribution in [0.2, 0.25) is 0 Å². The monoisotopic (exact) mass is 482 g/mol. The van der Waals surface area contributed by atoms with Gasteiger partial charge in [0, 0.05) is 29.6 Å². The minimum atomic E-state index is -0.121. The molecule has 7 nitrogen and oxygen atoms in total. The van der Waals surface area contributed by atoms with E-state index >= 15 is 0 Å². The fourth-order valence-electron chi connectivity index (χ4n) is 3.81. The lowest BCUT2D eigenvalue weighted by molar-refractivity contribution is 0.266. The zero-order valence-electron chi connectivity index (χ0n) is 20.4. The molecule has 0 unspecified atom stereocenters. The van der Waals surface area contributed by atoms with Gasteiger partial charge in [0.15, 0.2) is 5.11 Å². The summed E-state index contributed by atoms with van der Waals surface area (Å²) in [6.45, 7) is 10.6. The lowest BCUT2D eigenvalue weighted by Crippen LogP contribution is -2.41. The van der Waals surface area contributed by atoms with Crippen molar-refractivity contribution >= 4 is 33.9 Å². The van der Waals surface area contributed by atoms with E-state index in [-0.39, 0.29) is 5.56 Å². The maximum absolute atomic E-state index is 12.9. The van der Waals surface area contributed by atoms with E-state index < -0.39 is 0 Å². The normalized spacial score (nSPS) is 11.0. The van der Waals surface area contributed by atoms with E-state index in [2.05, 4.69) is 29.0 Å². The Morgan fingerprint density at radius 3 is 2.53 bits per heavy atom. The summed E-state index contributed by atoms with van der Waals surface area (Å²) in [6.07, 6.45) is 0. The summed E-state index contributed by atoms with van der Waals surface area (Å²) in [5.74, 6) is 1.49. The first-order valence-electron chi connectivity index (χ1n) is 11.7. The molecule has 182 valence electrons. The van der Waals surface area contributed by atoms with Crippen LogP contribution in [0.3, 0.4) is 0 Å². The number of pyridine rings is 1. The zero-order chi connectivity index (χ0) is 24.5. The number of para-hydroxylation sites is 2. The highest BCUT2D eigenvalue weighted by molar-refractivity contribution is 7.80. The van der Waals surface area contributed by atoms with Crippen LogP contribution in [0.25, 0.3) is 10.9 Å². The molecule has 0 spiro atoms. The van der Waals surface area contributed by atoms with Gasteiger partial charge in [-0.2, -0.15) is 0 Å². The Morgan fingerprint density at radius 2 is 1.82 bits per heavy atom. The molecule has 0 aliphatic carbocycles. The highest BCUT2D eigenvalue weighted by Gasteiger charge is 2.16. The largest absolute Gasteiger partial charge is 0.495 e. The number of anilines is 1. The smallest absolute Gasteiger partial charge is 0.253 e. The van der Waals surface area contributed by atoms with Gasteiger partial charge >= 0.3 is 0 Å². The quantitative estimate of drug-likeness (QED) is 0.391. The lowest BCUT2D eigenvalue weighted by Gasteiger charge is -2.29. The first-order chi connectivity index (χ1) is 16.5. The van der Waals surface area contributed by atoms with Crippen molar-refractivity contribution in [2.75, 3.05) is 45.2 Å². The molecule has 0 aliphatic rings. The second-order valence-electron chi connectivity index (χ2n) is 7.88. The van der Waals surface area contributed by atoms with Crippen molar-refractivity contribution in [1.82, 2.24) is 14.8 Å². The number of rotatable bonds is 11. The van der Waals surface area contributed by atoms with Crippen molar-refractivity contribution in [2.24, 2.45) is 0 Å². The van der Waals surface area contributed by atoms with Crippen LogP contribution in [0, 0.1) is 0 Å². The Kier molecular flexibility index (Phi) is 9.30. The van der Waals surface area contributed by atoms with Gasteiger partial charge in [0.1, 0.15) is 11.5 Å². The number of hydrogen-bond donors (Lipinski definition) is 2. The van der Waals surface area contributed by atoms with Crippen LogP contribution >= 0.6 is 12.2 Å². The van der Waals surface area contributed by atoms with Crippen LogP contribution in [0.4, 0.5) is 5.69 Å². The van der Waals surface area contributed by atoms with Gasteiger partial charge in [-0.05, 0) is 68.6 Å². The van der Waals surface area contributed by atoms with E-state index in [1.54, 1.807) is 7.11 Å². The van der Waals surface area contributed by atoms with Crippen molar-refractivity contribution in [1.29, 1.82) is 0 Å². The highest BCUT2D eigenvalue weighted by atomic mass is 32.1. The number of nitrogens with zero attached hydrogens (tertiary/aromatic N) is 2. The second kappa shape index (κ2) is 12.4.